The van der Waals surface area contributed by atoms with E-state index in [-0.39, 0.29) is 26.0 Å². The van der Waals surface area contributed by atoms with Gasteiger partial charge in [-0.15, -0.1) is 0 Å². The fraction of sp³-hybridized carbons (Fsp3) is 0.235. The highest BCUT2D eigenvalue weighted by atomic mass is 35.5. The summed E-state index contributed by atoms with van der Waals surface area (Å²) in [6.07, 6.45) is 0. The van der Waals surface area contributed by atoms with Gasteiger partial charge < -0.3 is 10.4 Å². The van der Waals surface area contributed by atoms with Crippen LogP contribution in [0.4, 0.5) is 5.69 Å². The fourth-order valence-electron chi connectivity index (χ4n) is 2.04. The molecule has 0 saturated heterocycles. The molecule has 0 aliphatic heterocycles. The lowest BCUT2D eigenvalue weighted by molar-refractivity contribution is 0.102. The number of benzene rings is 2. The summed E-state index contributed by atoms with van der Waals surface area (Å²) >= 11 is 17.7. The number of carbonyl (C=O) groups excluding carboxylic acids is 1. The van der Waals surface area contributed by atoms with Crippen molar-refractivity contribution < 1.29 is 9.90 Å². The highest BCUT2D eigenvalue weighted by Crippen LogP contribution is 2.38. The van der Waals surface area contributed by atoms with Gasteiger partial charge in [0.25, 0.3) is 5.91 Å². The summed E-state index contributed by atoms with van der Waals surface area (Å²) < 4.78 is 0. The lowest BCUT2D eigenvalue weighted by atomic mass is 9.87. The standard InChI is InChI=1S/C17H16Cl3NO2/c1-17(2,3)9-4-6-10(7-5-9)21-16(23)13-14(20)11(18)8-12(19)15(13)22/h4-8,22H,1-3H3,(H,21,23). The molecule has 0 heterocycles. The Labute approximate surface area is 150 Å². The number of phenols is 1. The maximum Gasteiger partial charge on any atom is 0.261 e. The van der Waals surface area contributed by atoms with E-state index in [2.05, 4.69) is 26.1 Å². The van der Waals surface area contributed by atoms with Gasteiger partial charge in [-0.05, 0) is 29.2 Å². The number of rotatable bonds is 2. The van der Waals surface area contributed by atoms with Crippen molar-refractivity contribution in [2.24, 2.45) is 0 Å². The molecule has 2 rings (SSSR count). The van der Waals surface area contributed by atoms with Crippen molar-refractivity contribution >= 4 is 46.4 Å². The predicted octanol–water partition coefficient (Wildman–Crippen LogP) is 5.90. The number of hydrogen-bond acceptors (Lipinski definition) is 2. The quantitative estimate of drug-likeness (QED) is 0.644. The summed E-state index contributed by atoms with van der Waals surface area (Å²) in [7, 11) is 0. The van der Waals surface area contributed by atoms with Gasteiger partial charge in [-0.3, -0.25) is 4.79 Å². The molecule has 0 saturated carbocycles. The molecule has 0 aromatic heterocycles. The van der Waals surface area contributed by atoms with Crippen LogP contribution in [0.5, 0.6) is 5.75 Å². The van der Waals surface area contributed by atoms with Gasteiger partial charge in [-0.1, -0.05) is 67.7 Å². The van der Waals surface area contributed by atoms with Gasteiger partial charge in [0.2, 0.25) is 0 Å². The average Bonchev–Trinajstić information content (AvgIpc) is 2.45. The molecule has 0 bridgehead atoms. The van der Waals surface area contributed by atoms with Crippen LogP contribution < -0.4 is 5.32 Å². The summed E-state index contributed by atoms with van der Waals surface area (Å²) in [6, 6.07) is 8.73. The monoisotopic (exact) mass is 371 g/mol. The van der Waals surface area contributed by atoms with Crippen LogP contribution in [0.25, 0.3) is 0 Å². The van der Waals surface area contributed by atoms with E-state index in [9.17, 15) is 9.90 Å². The van der Waals surface area contributed by atoms with Crippen LogP contribution in [-0.2, 0) is 5.41 Å². The second kappa shape index (κ2) is 6.60. The van der Waals surface area contributed by atoms with Crippen molar-refractivity contribution in [2.75, 3.05) is 5.32 Å². The van der Waals surface area contributed by atoms with E-state index in [0.717, 1.165) is 5.56 Å². The molecule has 0 unspecified atom stereocenters. The van der Waals surface area contributed by atoms with Crippen molar-refractivity contribution in [3.8, 4) is 5.75 Å². The Morgan fingerprint density at radius 2 is 1.61 bits per heavy atom. The number of halogens is 3. The third kappa shape index (κ3) is 3.92. The molecule has 2 N–H and O–H groups in total. The van der Waals surface area contributed by atoms with Crippen LogP contribution in [0.1, 0.15) is 36.7 Å². The molecule has 2 aromatic carbocycles. The molecule has 1 amide bonds. The minimum absolute atomic E-state index is 0.0184. The normalized spacial score (nSPS) is 11.4. The van der Waals surface area contributed by atoms with Gasteiger partial charge in [-0.2, -0.15) is 0 Å². The van der Waals surface area contributed by atoms with Gasteiger partial charge in [0.05, 0.1) is 15.1 Å². The van der Waals surface area contributed by atoms with E-state index in [4.69, 9.17) is 34.8 Å². The van der Waals surface area contributed by atoms with Crippen molar-refractivity contribution in [2.45, 2.75) is 26.2 Å². The first kappa shape index (κ1) is 17.9. The molecule has 23 heavy (non-hydrogen) atoms. The predicted molar refractivity (Wildman–Crippen MR) is 96.2 cm³/mol. The summed E-state index contributed by atoms with van der Waals surface area (Å²) in [5, 5.41) is 12.7. The third-order valence-corrected chi connectivity index (χ3v) is 4.46. The van der Waals surface area contributed by atoms with Crippen LogP contribution in [0, 0.1) is 0 Å². The molecule has 0 spiro atoms. The smallest absolute Gasteiger partial charge is 0.261 e. The molecule has 0 aliphatic carbocycles. The molecule has 3 nitrogen and oxygen atoms in total. The van der Waals surface area contributed by atoms with Crippen LogP contribution in [-0.4, -0.2) is 11.0 Å². The Hall–Kier alpha value is -1.42. The van der Waals surface area contributed by atoms with Crippen LogP contribution in [0.2, 0.25) is 15.1 Å². The molecular formula is C17H16Cl3NO2. The Kier molecular flexibility index (Phi) is 5.14. The zero-order valence-electron chi connectivity index (χ0n) is 12.9. The topological polar surface area (TPSA) is 49.3 Å². The summed E-state index contributed by atoms with van der Waals surface area (Å²) in [4.78, 5) is 12.4. The minimum Gasteiger partial charge on any atom is -0.505 e. The van der Waals surface area contributed by atoms with Crippen molar-refractivity contribution in [1.29, 1.82) is 0 Å². The zero-order chi connectivity index (χ0) is 17.4. The van der Waals surface area contributed by atoms with Crippen molar-refractivity contribution in [3.05, 3.63) is 56.5 Å². The minimum atomic E-state index is -0.583. The van der Waals surface area contributed by atoms with Crippen LogP contribution in [0.3, 0.4) is 0 Å². The molecule has 0 radical (unpaired) electrons. The van der Waals surface area contributed by atoms with Gasteiger partial charge in [-0.25, -0.2) is 0 Å². The molecule has 6 heteroatoms. The molecule has 122 valence electrons. The van der Waals surface area contributed by atoms with Crippen LogP contribution in [0.15, 0.2) is 30.3 Å². The SMILES string of the molecule is CC(C)(C)c1ccc(NC(=O)c2c(O)c(Cl)cc(Cl)c2Cl)cc1. The van der Waals surface area contributed by atoms with E-state index in [1.54, 1.807) is 12.1 Å². The van der Waals surface area contributed by atoms with E-state index >= 15 is 0 Å². The third-order valence-electron chi connectivity index (χ3n) is 3.38. The Morgan fingerprint density at radius 3 is 2.13 bits per heavy atom. The van der Waals surface area contributed by atoms with E-state index in [0.29, 0.717) is 5.69 Å². The molecule has 0 aliphatic rings. The number of hydrogen-bond donors (Lipinski definition) is 2. The highest BCUT2D eigenvalue weighted by molar-refractivity contribution is 6.46. The van der Waals surface area contributed by atoms with Crippen molar-refractivity contribution in [3.63, 3.8) is 0 Å². The number of nitrogens with one attached hydrogen (secondary N) is 1. The lowest BCUT2D eigenvalue weighted by Crippen LogP contribution is -2.14. The fourth-order valence-corrected chi connectivity index (χ4v) is 2.73. The van der Waals surface area contributed by atoms with Gasteiger partial charge in [0, 0.05) is 5.69 Å². The lowest BCUT2D eigenvalue weighted by Gasteiger charge is -2.19. The first-order valence-electron chi connectivity index (χ1n) is 6.89. The largest absolute Gasteiger partial charge is 0.505 e. The Balaban J connectivity index is 2.30. The average molecular weight is 373 g/mol. The van der Waals surface area contributed by atoms with Crippen LogP contribution >= 0.6 is 34.8 Å². The summed E-state index contributed by atoms with van der Waals surface area (Å²) in [5.74, 6) is -0.981. The maximum absolute atomic E-state index is 12.4. The number of carbonyl (C=O) groups is 1. The first-order valence-corrected chi connectivity index (χ1v) is 8.03. The molecular weight excluding hydrogens is 357 g/mol. The second-order valence-electron chi connectivity index (χ2n) is 6.16. The summed E-state index contributed by atoms with van der Waals surface area (Å²) in [5.41, 5.74) is 1.59. The van der Waals surface area contributed by atoms with E-state index in [1.807, 2.05) is 12.1 Å². The number of amides is 1. The Morgan fingerprint density at radius 1 is 1.04 bits per heavy atom. The number of aromatic hydroxyl groups is 1. The van der Waals surface area contributed by atoms with Crippen molar-refractivity contribution in [1.82, 2.24) is 0 Å². The number of anilines is 1. The Bertz CT molecular complexity index is 724. The summed E-state index contributed by atoms with van der Waals surface area (Å²) in [6.45, 7) is 6.31. The van der Waals surface area contributed by atoms with Gasteiger partial charge in [0.15, 0.2) is 0 Å². The maximum atomic E-state index is 12.4. The van der Waals surface area contributed by atoms with Gasteiger partial charge in [0.1, 0.15) is 11.3 Å². The number of phenolic OH excluding ortho intramolecular Hbond substituents is 1. The van der Waals surface area contributed by atoms with Gasteiger partial charge >= 0.3 is 0 Å². The second-order valence-corrected chi connectivity index (χ2v) is 7.35. The highest BCUT2D eigenvalue weighted by Gasteiger charge is 2.21. The van der Waals surface area contributed by atoms with E-state index < -0.39 is 11.7 Å². The van der Waals surface area contributed by atoms with E-state index in [1.165, 1.54) is 6.07 Å². The molecule has 2 aromatic rings. The zero-order valence-corrected chi connectivity index (χ0v) is 15.1. The first-order chi connectivity index (χ1) is 10.6. The molecule has 0 fully saturated rings. The molecule has 0 atom stereocenters.